The van der Waals surface area contributed by atoms with E-state index in [-0.39, 0.29) is 0 Å². The van der Waals surface area contributed by atoms with Gasteiger partial charge in [0.25, 0.3) is 0 Å². The topological polar surface area (TPSA) is 79.5 Å². The molecule has 0 aliphatic heterocycles. The highest BCUT2D eigenvalue weighted by Crippen LogP contribution is 2.24. The maximum atomic E-state index is 11.0. The molecule has 112 valence electrons. The standard InChI is InChI=1S/C16H14N2O3S/c1-12-10-14(8-9-16(12)18-21-22(2,19)20)15(11-17)13-6-4-3-5-7-13/h3-10H,1-2H3/b15-14-,18-16+. The van der Waals surface area contributed by atoms with Gasteiger partial charge in [-0.3, -0.25) is 4.28 Å². The van der Waals surface area contributed by atoms with E-state index in [2.05, 4.69) is 15.5 Å². The van der Waals surface area contributed by atoms with E-state index in [4.69, 9.17) is 0 Å². The van der Waals surface area contributed by atoms with Crippen LogP contribution in [-0.4, -0.2) is 20.4 Å². The van der Waals surface area contributed by atoms with Crippen molar-refractivity contribution in [2.45, 2.75) is 6.92 Å². The maximum Gasteiger partial charge on any atom is 0.325 e. The van der Waals surface area contributed by atoms with E-state index in [0.29, 0.717) is 16.9 Å². The average molecular weight is 314 g/mol. The second-order valence-corrected chi connectivity index (χ2v) is 6.28. The van der Waals surface area contributed by atoms with Crippen molar-refractivity contribution < 1.29 is 12.7 Å². The highest BCUT2D eigenvalue weighted by atomic mass is 32.2. The molecule has 0 saturated heterocycles. The Morgan fingerprint density at radius 3 is 2.45 bits per heavy atom. The van der Waals surface area contributed by atoms with Gasteiger partial charge < -0.3 is 0 Å². The molecule has 0 fully saturated rings. The van der Waals surface area contributed by atoms with E-state index in [0.717, 1.165) is 17.4 Å². The van der Waals surface area contributed by atoms with Crippen LogP contribution in [0, 0.1) is 11.3 Å². The van der Waals surface area contributed by atoms with Crippen molar-refractivity contribution in [1.82, 2.24) is 0 Å². The van der Waals surface area contributed by atoms with Crippen molar-refractivity contribution in [2.75, 3.05) is 6.26 Å². The van der Waals surface area contributed by atoms with Crippen molar-refractivity contribution in [3.63, 3.8) is 0 Å². The summed E-state index contributed by atoms with van der Waals surface area (Å²) >= 11 is 0. The second kappa shape index (κ2) is 6.41. The number of oxime groups is 1. The molecule has 0 unspecified atom stereocenters. The molecule has 0 aromatic heterocycles. The van der Waals surface area contributed by atoms with Crippen molar-refractivity contribution in [3.05, 3.63) is 65.3 Å². The zero-order valence-electron chi connectivity index (χ0n) is 12.1. The molecule has 0 N–H and O–H groups in total. The van der Waals surface area contributed by atoms with E-state index in [1.165, 1.54) is 0 Å². The Balaban J connectivity index is 2.39. The van der Waals surface area contributed by atoms with E-state index in [1.54, 1.807) is 25.2 Å². The minimum atomic E-state index is -3.64. The third-order valence-electron chi connectivity index (χ3n) is 2.93. The summed E-state index contributed by atoms with van der Waals surface area (Å²) in [6, 6.07) is 11.5. The van der Waals surface area contributed by atoms with Gasteiger partial charge in [-0.1, -0.05) is 41.6 Å². The fourth-order valence-electron chi connectivity index (χ4n) is 1.92. The van der Waals surface area contributed by atoms with Crippen LogP contribution < -0.4 is 0 Å². The fraction of sp³-hybridized carbons (Fsp3) is 0.125. The lowest BCUT2D eigenvalue weighted by Gasteiger charge is -2.10. The van der Waals surface area contributed by atoms with Crippen LogP contribution in [0.2, 0.25) is 0 Å². The lowest BCUT2D eigenvalue weighted by Crippen LogP contribution is -2.05. The quantitative estimate of drug-likeness (QED) is 0.634. The number of hydrogen-bond donors (Lipinski definition) is 0. The molecule has 1 aliphatic rings. The number of rotatable bonds is 3. The van der Waals surface area contributed by atoms with Crippen molar-refractivity contribution in [3.8, 4) is 6.07 Å². The molecule has 6 heteroatoms. The van der Waals surface area contributed by atoms with Gasteiger partial charge in [-0.05, 0) is 35.8 Å². The van der Waals surface area contributed by atoms with E-state index in [9.17, 15) is 13.7 Å². The molecule has 0 saturated carbocycles. The van der Waals surface area contributed by atoms with Crippen LogP contribution in [0.3, 0.4) is 0 Å². The van der Waals surface area contributed by atoms with E-state index in [1.807, 2.05) is 30.3 Å². The smallest absolute Gasteiger partial charge is 0.268 e. The Bertz CT molecular complexity index is 839. The van der Waals surface area contributed by atoms with Crippen molar-refractivity contribution in [2.24, 2.45) is 5.16 Å². The predicted octanol–water partition coefficient (Wildman–Crippen LogP) is 2.81. The maximum absolute atomic E-state index is 11.0. The summed E-state index contributed by atoms with van der Waals surface area (Å²) in [5.74, 6) is 0. The first kappa shape index (κ1) is 15.7. The SMILES string of the molecule is CC1=CC(=C(/C#N)c2ccccc2)/C=CC/1=N\OS(C)(=O)=O. The molecule has 1 aromatic carbocycles. The van der Waals surface area contributed by atoms with Gasteiger partial charge in [-0.25, -0.2) is 0 Å². The van der Waals surface area contributed by atoms with Gasteiger partial charge in [0.05, 0.1) is 11.8 Å². The summed E-state index contributed by atoms with van der Waals surface area (Å²) in [6.45, 7) is 1.77. The summed E-state index contributed by atoms with van der Waals surface area (Å²) < 4.78 is 26.4. The molecular formula is C16H14N2O3S. The van der Waals surface area contributed by atoms with Gasteiger partial charge in [0, 0.05) is 0 Å². The Morgan fingerprint density at radius 2 is 1.91 bits per heavy atom. The number of allylic oxidation sites excluding steroid dienone is 6. The first-order valence-corrected chi connectivity index (χ1v) is 8.25. The van der Waals surface area contributed by atoms with Crippen molar-refractivity contribution in [1.29, 1.82) is 5.26 Å². The minimum absolute atomic E-state index is 0.402. The highest BCUT2D eigenvalue weighted by molar-refractivity contribution is 7.85. The van der Waals surface area contributed by atoms with Crippen molar-refractivity contribution >= 4 is 21.4 Å². The monoisotopic (exact) mass is 314 g/mol. The summed E-state index contributed by atoms with van der Waals surface area (Å²) in [5, 5.41) is 13.0. The molecule has 1 aromatic rings. The first-order valence-electron chi connectivity index (χ1n) is 6.44. The summed E-state index contributed by atoms with van der Waals surface area (Å²) in [4.78, 5) is 0. The Labute approximate surface area is 129 Å². The molecule has 0 amide bonds. The van der Waals surface area contributed by atoms with Crippen LogP contribution in [0.1, 0.15) is 12.5 Å². The van der Waals surface area contributed by atoms with Gasteiger partial charge in [0.15, 0.2) is 0 Å². The van der Waals surface area contributed by atoms with Gasteiger partial charge in [-0.15, -0.1) is 0 Å². The van der Waals surface area contributed by atoms with Gasteiger partial charge in [0.1, 0.15) is 11.8 Å². The largest absolute Gasteiger partial charge is 0.325 e. The summed E-state index contributed by atoms with van der Waals surface area (Å²) in [6.07, 6.45) is 6.03. The van der Waals surface area contributed by atoms with Crippen LogP contribution in [-0.2, 0) is 14.4 Å². The number of nitriles is 1. The molecule has 22 heavy (non-hydrogen) atoms. The van der Waals surface area contributed by atoms with Crippen LogP contribution in [0.15, 0.2) is 64.9 Å². The predicted molar refractivity (Wildman–Crippen MR) is 85.2 cm³/mol. The van der Waals surface area contributed by atoms with E-state index < -0.39 is 10.1 Å². The zero-order chi connectivity index (χ0) is 16.2. The highest BCUT2D eigenvalue weighted by Gasteiger charge is 2.12. The first-order chi connectivity index (χ1) is 10.4. The van der Waals surface area contributed by atoms with Gasteiger partial charge >= 0.3 is 10.1 Å². The summed E-state index contributed by atoms with van der Waals surface area (Å²) in [5.41, 5.74) is 3.22. The lowest BCUT2D eigenvalue weighted by molar-refractivity contribution is 0.343. The Hall–Kier alpha value is -2.65. The molecule has 0 heterocycles. The molecule has 5 nitrogen and oxygen atoms in total. The number of benzene rings is 1. The third-order valence-corrected chi connectivity index (χ3v) is 3.28. The molecule has 2 rings (SSSR count). The van der Waals surface area contributed by atoms with Crippen LogP contribution in [0.5, 0.6) is 0 Å². The average Bonchev–Trinajstić information content (AvgIpc) is 2.47. The molecule has 0 spiro atoms. The molecule has 0 radical (unpaired) electrons. The van der Waals surface area contributed by atoms with Crippen LogP contribution in [0.25, 0.3) is 5.57 Å². The Morgan fingerprint density at radius 1 is 1.23 bits per heavy atom. The fourth-order valence-corrected chi connectivity index (χ4v) is 2.14. The number of hydrogen-bond acceptors (Lipinski definition) is 5. The second-order valence-electron chi connectivity index (χ2n) is 4.72. The lowest BCUT2D eigenvalue weighted by atomic mass is 9.94. The summed E-state index contributed by atoms with van der Waals surface area (Å²) in [7, 11) is -3.64. The van der Waals surface area contributed by atoms with E-state index >= 15 is 0 Å². The van der Waals surface area contributed by atoms with Crippen LogP contribution in [0.4, 0.5) is 0 Å². The van der Waals surface area contributed by atoms with Gasteiger partial charge in [-0.2, -0.15) is 13.7 Å². The third kappa shape index (κ3) is 3.93. The van der Waals surface area contributed by atoms with Gasteiger partial charge in [0.2, 0.25) is 0 Å². The molecule has 0 atom stereocenters. The number of nitrogens with zero attached hydrogens (tertiary/aromatic N) is 2. The zero-order valence-corrected chi connectivity index (χ0v) is 13.0. The molecular weight excluding hydrogens is 300 g/mol. The molecule has 1 aliphatic carbocycles. The molecule has 0 bridgehead atoms. The minimum Gasteiger partial charge on any atom is -0.268 e. The van der Waals surface area contributed by atoms with Crippen LogP contribution >= 0.6 is 0 Å². The Kier molecular flexibility index (Phi) is 4.59. The normalized spacial score (nSPS) is 18.6.